The zero-order chi connectivity index (χ0) is 12.3. The summed E-state index contributed by atoms with van der Waals surface area (Å²) in [5.41, 5.74) is 1.87. The number of hydrogen-bond donors (Lipinski definition) is 1. The van der Waals surface area contributed by atoms with E-state index in [1.807, 2.05) is 25.2 Å². The number of rotatable bonds is 4. The van der Waals surface area contributed by atoms with Crippen molar-refractivity contribution < 1.29 is 9.84 Å². The normalized spacial score (nSPS) is 12.7. The number of hydrogen-bond acceptors (Lipinski definition) is 3. The molecule has 1 rings (SSSR count). The first-order chi connectivity index (χ1) is 7.49. The molecule has 0 aliphatic rings. The lowest BCUT2D eigenvalue weighted by molar-refractivity contribution is 0.194. The summed E-state index contributed by atoms with van der Waals surface area (Å²) in [4.78, 5) is 2.13. The van der Waals surface area contributed by atoms with Crippen LogP contribution in [0.25, 0.3) is 0 Å². The third-order valence-electron chi connectivity index (χ3n) is 2.84. The minimum atomic E-state index is -0.535. The Labute approximate surface area is 97.7 Å². The lowest BCUT2D eigenvalue weighted by atomic mass is 10.1. The highest BCUT2D eigenvalue weighted by Gasteiger charge is 2.17. The molecular weight excluding hydrogens is 202 g/mol. The summed E-state index contributed by atoms with van der Waals surface area (Å²) in [6, 6.07) is 6.20. The summed E-state index contributed by atoms with van der Waals surface area (Å²) in [6.45, 7) is 5.99. The summed E-state index contributed by atoms with van der Waals surface area (Å²) in [5.74, 6) is 0.736. The second-order valence-corrected chi connectivity index (χ2v) is 4.27. The summed E-state index contributed by atoms with van der Waals surface area (Å²) < 4.78 is 5.29. The van der Waals surface area contributed by atoms with Crippen molar-refractivity contribution in [1.82, 2.24) is 0 Å². The van der Waals surface area contributed by atoms with Crippen LogP contribution in [0.3, 0.4) is 0 Å². The molecule has 3 heteroatoms. The molecule has 0 heterocycles. The maximum Gasteiger partial charge on any atom is 0.126 e. The van der Waals surface area contributed by atoms with Gasteiger partial charge in [0.05, 0.1) is 13.2 Å². The molecule has 0 aliphatic heterocycles. The monoisotopic (exact) mass is 223 g/mol. The second-order valence-electron chi connectivity index (χ2n) is 4.27. The SMILES string of the molecule is COc1cccc(N(C)C(C)C)c1[C@@H](C)O. The Balaban J connectivity index is 3.27. The number of aliphatic hydroxyl groups excluding tert-OH is 1. The highest BCUT2D eigenvalue weighted by molar-refractivity contribution is 5.60. The van der Waals surface area contributed by atoms with Crippen molar-refractivity contribution >= 4 is 5.69 Å². The molecule has 90 valence electrons. The van der Waals surface area contributed by atoms with E-state index in [-0.39, 0.29) is 0 Å². The first-order valence-corrected chi connectivity index (χ1v) is 5.56. The van der Waals surface area contributed by atoms with Gasteiger partial charge < -0.3 is 14.7 Å². The van der Waals surface area contributed by atoms with Crippen molar-refractivity contribution in [3.63, 3.8) is 0 Å². The molecule has 0 aromatic heterocycles. The summed E-state index contributed by atoms with van der Waals surface area (Å²) in [6.07, 6.45) is -0.535. The largest absolute Gasteiger partial charge is 0.496 e. The Hall–Kier alpha value is -1.22. The Kier molecular flexibility index (Phi) is 4.19. The zero-order valence-electron chi connectivity index (χ0n) is 10.7. The van der Waals surface area contributed by atoms with Gasteiger partial charge in [-0.1, -0.05) is 6.07 Å². The van der Waals surface area contributed by atoms with E-state index in [4.69, 9.17) is 4.74 Å². The highest BCUT2D eigenvalue weighted by atomic mass is 16.5. The van der Waals surface area contributed by atoms with Gasteiger partial charge >= 0.3 is 0 Å². The van der Waals surface area contributed by atoms with E-state index < -0.39 is 6.10 Å². The van der Waals surface area contributed by atoms with Crippen LogP contribution in [0.15, 0.2) is 18.2 Å². The van der Waals surface area contributed by atoms with E-state index in [9.17, 15) is 5.11 Å². The Bertz CT molecular complexity index is 348. The van der Waals surface area contributed by atoms with Gasteiger partial charge in [-0.15, -0.1) is 0 Å². The van der Waals surface area contributed by atoms with Crippen LogP contribution >= 0.6 is 0 Å². The first-order valence-electron chi connectivity index (χ1n) is 5.56. The van der Waals surface area contributed by atoms with Gasteiger partial charge in [0.2, 0.25) is 0 Å². The molecule has 1 aromatic rings. The molecule has 1 N–H and O–H groups in total. The third-order valence-corrected chi connectivity index (χ3v) is 2.84. The fourth-order valence-electron chi connectivity index (χ4n) is 1.72. The maximum absolute atomic E-state index is 9.84. The van der Waals surface area contributed by atoms with Gasteiger partial charge in [0, 0.05) is 24.3 Å². The van der Waals surface area contributed by atoms with E-state index in [1.165, 1.54) is 0 Å². The van der Waals surface area contributed by atoms with Crippen LogP contribution < -0.4 is 9.64 Å². The van der Waals surface area contributed by atoms with Gasteiger partial charge in [-0.3, -0.25) is 0 Å². The molecule has 16 heavy (non-hydrogen) atoms. The highest BCUT2D eigenvalue weighted by Crippen LogP contribution is 2.34. The van der Waals surface area contributed by atoms with Crippen molar-refractivity contribution in [1.29, 1.82) is 0 Å². The minimum Gasteiger partial charge on any atom is -0.496 e. The number of ether oxygens (including phenoxy) is 1. The predicted octanol–water partition coefficient (Wildman–Crippen LogP) is 2.59. The molecule has 3 nitrogen and oxygen atoms in total. The number of methoxy groups -OCH3 is 1. The molecule has 1 aromatic carbocycles. The number of nitrogens with zero attached hydrogens (tertiary/aromatic N) is 1. The summed E-state index contributed by atoms with van der Waals surface area (Å²) >= 11 is 0. The van der Waals surface area contributed by atoms with E-state index in [0.29, 0.717) is 6.04 Å². The van der Waals surface area contributed by atoms with E-state index in [0.717, 1.165) is 17.0 Å². The van der Waals surface area contributed by atoms with Crippen molar-refractivity contribution in [2.45, 2.75) is 32.9 Å². The number of benzene rings is 1. The fraction of sp³-hybridized carbons (Fsp3) is 0.538. The van der Waals surface area contributed by atoms with E-state index >= 15 is 0 Å². The standard InChI is InChI=1S/C13H21NO2/c1-9(2)14(4)11-7-6-8-12(16-5)13(11)10(3)15/h6-10,15H,1-5H3/t10-/m1/s1. The van der Waals surface area contributed by atoms with Crippen LogP contribution in [0.5, 0.6) is 5.75 Å². The maximum atomic E-state index is 9.84. The van der Waals surface area contributed by atoms with Crippen LogP contribution in [0.4, 0.5) is 5.69 Å². The molecule has 0 fully saturated rings. The molecule has 0 bridgehead atoms. The van der Waals surface area contributed by atoms with Gasteiger partial charge in [0.1, 0.15) is 5.75 Å². The summed E-state index contributed by atoms with van der Waals surface area (Å²) in [5, 5.41) is 9.84. The molecule has 0 saturated heterocycles. The van der Waals surface area contributed by atoms with Crippen molar-refractivity contribution in [2.75, 3.05) is 19.1 Å². The van der Waals surface area contributed by atoms with Crippen molar-refractivity contribution in [2.24, 2.45) is 0 Å². The third kappa shape index (κ3) is 2.47. The zero-order valence-corrected chi connectivity index (χ0v) is 10.7. The van der Waals surface area contributed by atoms with Crippen LogP contribution in [-0.4, -0.2) is 25.3 Å². The molecule has 0 aliphatic carbocycles. The number of aliphatic hydroxyl groups is 1. The molecule has 0 saturated carbocycles. The quantitative estimate of drug-likeness (QED) is 0.851. The van der Waals surface area contributed by atoms with Gasteiger partial charge in [-0.05, 0) is 32.9 Å². The molecule has 0 unspecified atom stereocenters. The lowest BCUT2D eigenvalue weighted by Gasteiger charge is -2.28. The molecule has 0 radical (unpaired) electrons. The Morgan fingerprint density at radius 1 is 1.25 bits per heavy atom. The van der Waals surface area contributed by atoms with Gasteiger partial charge in [-0.2, -0.15) is 0 Å². The predicted molar refractivity (Wildman–Crippen MR) is 67.2 cm³/mol. The average molecular weight is 223 g/mol. The molecule has 1 atom stereocenters. The molecule has 0 amide bonds. The van der Waals surface area contributed by atoms with Crippen LogP contribution in [-0.2, 0) is 0 Å². The second kappa shape index (κ2) is 5.21. The van der Waals surface area contributed by atoms with Crippen LogP contribution in [0.1, 0.15) is 32.4 Å². The van der Waals surface area contributed by atoms with Crippen molar-refractivity contribution in [3.05, 3.63) is 23.8 Å². The molecule has 0 spiro atoms. The van der Waals surface area contributed by atoms with Crippen molar-refractivity contribution in [3.8, 4) is 5.75 Å². The van der Waals surface area contributed by atoms with E-state index in [1.54, 1.807) is 14.0 Å². The van der Waals surface area contributed by atoms with E-state index in [2.05, 4.69) is 18.7 Å². The summed E-state index contributed by atoms with van der Waals surface area (Å²) in [7, 11) is 3.64. The topological polar surface area (TPSA) is 32.7 Å². The first kappa shape index (κ1) is 12.8. The van der Waals surface area contributed by atoms with Crippen LogP contribution in [0.2, 0.25) is 0 Å². The van der Waals surface area contributed by atoms with Crippen LogP contribution in [0, 0.1) is 0 Å². The van der Waals surface area contributed by atoms with Gasteiger partial charge in [-0.25, -0.2) is 0 Å². The number of anilines is 1. The minimum absolute atomic E-state index is 0.379. The lowest BCUT2D eigenvalue weighted by Crippen LogP contribution is -2.27. The molecular formula is C13H21NO2. The average Bonchev–Trinajstić information content (AvgIpc) is 2.26. The fourth-order valence-corrected chi connectivity index (χ4v) is 1.72. The van der Waals surface area contributed by atoms with Gasteiger partial charge in [0.15, 0.2) is 0 Å². The Morgan fingerprint density at radius 3 is 2.31 bits per heavy atom. The Morgan fingerprint density at radius 2 is 1.88 bits per heavy atom. The van der Waals surface area contributed by atoms with Gasteiger partial charge in [0.25, 0.3) is 0 Å². The smallest absolute Gasteiger partial charge is 0.126 e.